The average molecular weight is 289 g/mol. The van der Waals surface area contributed by atoms with Crippen molar-refractivity contribution in [2.45, 2.75) is 32.6 Å². The molecule has 0 unspecified atom stereocenters. The van der Waals surface area contributed by atoms with Gasteiger partial charge in [-0.3, -0.25) is 0 Å². The van der Waals surface area contributed by atoms with Gasteiger partial charge in [0, 0.05) is 11.3 Å². The Bertz CT molecular complexity index is 640. The van der Waals surface area contributed by atoms with Crippen molar-refractivity contribution < 1.29 is 9.47 Å². The Labute approximate surface area is 123 Å². The van der Waals surface area contributed by atoms with Gasteiger partial charge in [0.1, 0.15) is 0 Å². The molecular weight excluding hydrogens is 270 g/mol. The Balaban J connectivity index is 1.92. The minimum atomic E-state index is 0.111. The molecule has 0 amide bonds. The van der Waals surface area contributed by atoms with Crippen molar-refractivity contribution in [3.63, 3.8) is 0 Å². The van der Waals surface area contributed by atoms with E-state index in [2.05, 4.69) is 39.0 Å². The minimum Gasteiger partial charge on any atom is -0.454 e. The summed E-state index contributed by atoms with van der Waals surface area (Å²) in [5, 5.41) is 0.880. The molecule has 1 aliphatic rings. The number of hydrogen-bond donors (Lipinski definition) is 1. The first kappa shape index (κ1) is 13.3. The van der Waals surface area contributed by atoms with E-state index in [0.29, 0.717) is 6.79 Å². The van der Waals surface area contributed by atoms with E-state index in [-0.39, 0.29) is 5.41 Å². The van der Waals surface area contributed by atoms with E-state index >= 15 is 0 Å². The highest BCUT2D eigenvalue weighted by Crippen LogP contribution is 2.37. The summed E-state index contributed by atoms with van der Waals surface area (Å²) in [5.41, 5.74) is 8.66. The van der Waals surface area contributed by atoms with Gasteiger partial charge in [-0.15, -0.1) is 11.3 Å². The molecule has 2 aromatic rings. The topological polar surface area (TPSA) is 44.5 Å². The van der Waals surface area contributed by atoms with E-state index in [0.717, 1.165) is 22.9 Å². The fourth-order valence-electron chi connectivity index (χ4n) is 2.45. The number of nitrogens with two attached hydrogens (primary N) is 1. The predicted octanol–water partition coefficient (Wildman–Crippen LogP) is 3.95. The van der Waals surface area contributed by atoms with Gasteiger partial charge in [-0.1, -0.05) is 26.8 Å². The third kappa shape index (κ3) is 2.48. The molecule has 0 saturated heterocycles. The highest BCUT2D eigenvalue weighted by atomic mass is 32.1. The number of fused-ring (bicyclic) bond motifs is 1. The van der Waals surface area contributed by atoms with Crippen molar-refractivity contribution in [1.29, 1.82) is 0 Å². The van der Waals surface area contributed by atoms with Crippen LogP contribution in [0.25, 0.3) is 0 Å². The first-order valence-corrected chi connectivity index (χ1v) is 7.52. The number of benzene rings is 1. The van der Waals surface area contributed by atoms with Crippen molar-refractivity contribution >= 4 is 16.3 Å². The van der Waals surface area contributed by atoms with E-state index < -0.39 is 0 Å². The zero-order chi connectivity index (χ0) is 14.3. The number of anilines is 1. The Morgan fingerprint density at radius 2 is 1.90 bits per heavy atom. The van der Waals surface area contributed by atoms with Crippen LogP contribution in [-0.2, 0) is 11.8 Å². The van der Waals surface area contributed by atoms with Gasteiger partial charge in [0.2, 0.25) is 6.79 Å². The minimum absolute atomic E-state index is 0.111. The quantitative estimate of drug-likeness (QED) is 0.910. The van der Waals surface area contributed by atoms with Gasteiger partial charge in [-0.05, 0) is 34.7 Å². The van der Waals surface area contributed by atoms with Crippen LogP contribution >= 0.6 is 11.3 Å². The van der Waals surface area contributed by atoms with Crippen LogP contribution in [0.3, 0.4) is 0 Å². The summed E-state index contributed by atoms with van der Waals surface area (Å²) in [6, 6.07) is 8.24. The lowest BCUT2D eigenvalue weighted by Crippen LogP contribution is -2.12. The molecule has 2 heterocycles. The van der Waals surface area contributed by atoms with Gasteiger partial charge in [-0.25, -0.2) is 0 Å². The van der Waals surface area contributed by atoms with Gasteiger partial charge in [-0.2, -0.15) is 0 Å². The largest absolute Gasteiger partial charge is 0.454 e. The number of hydrogen-bond acceptors (Lipinski definition) is 4. The maximum Gasteiger partial charge on any atom is 0.231 e. The second-order valence-corrected chi connectivity index (χ2v) is 7.27. The monoisotopic (exact) mass is 289 g/mol. The fraction of sp³-hybridized carbons (Fsp3) is 0.375. The van der Waals surface area contributed by atoms with E-state index in [9.17, 15) is 0 Å². The maximum absolute atomic E-state index is 5.99. The van der Waals surface area contributed by atoms with Crippen molar-refractivity contribution in [2.24, 2.45) is 0 Å². The third-order valence-electron chi connectivity index (χ3n) is 3.44. The van der Waals surface area contributed by atoms with Gasteiger partial charge in [0.15, 0.2) is 11.5 Å². The Kier molecular flexibility index (Phi) is 3.13. The summed E-state index contributed by atoms with van der Waals surface area (Å²) in [6.07, 6.45) is 0.880. The molecule has 0 fully saturated rings. The molecule has 106 valence electrons. The third-order valence-corrected chi connectivity index (χ3v) is 4.40. The second kappa shape index (κ2) is 4.70. The van der Waals surface area contributed by atoms with E-state index in [1.54, 1.807) is 11.3 Å². The summed E-state index contributed by atoms with van der Waals surface area (Å²) < 4.78 is 10.8. The smallest absolute Gasteiger partial charge is 0.231 e. The van der Waals surface area contributed by atoms with Gasteiger partial charge in [0.25, 0.3) is 0 Å². The zero-order valence-corrected chi connectivity index (χ0v) is 12.8. The van der Waals surface area contributed by atoms with Crippen LogP contribution in [0.5, 0.6) is 11.5 Å². The molecule has 1 aromatic heterocycles. The summed E-state index contributed by atoms with van der Waals surface area (Å²) in [5.74, 6) is 1.67. The lowest BCUT2D eigenvalue weighted by Gasteiger charge is -2.19. The molecule has 0 atom stereocenters. The van der Waals surface area contributed by atoms with Crippen molar-refractivity contribution in [3.8, 4) is 11.5 Å². The first-order valence-electron chi connectivity index (χ1n) is 6.71. The summed E-state index contributed by atoms with van der Waals surface area (Å²) >= 11 is 1.68. The number of nitrogen functional groups attached to an aromatic ring is 1. The maximum atomic E-state index is 5.99. The Morgan fingerprint density at radius 1 is 1.15 bits per heavy atom. The van der Waals surface area contributed by atoms with Crippen LogP contribution in [0.4, 0.5) is 5.00 Å². The van der Waals surface area contributed by atoms with Gasteiger partial charge in [0.05, 0.1) is 5.00 Å². The molecule has 3 nitrogen and oxygen atoms in total. The summed E-state index contributed by atoms with van der Waals surface area (Å²) in [4.78, 5) is 1.33. The summed E-state index contributed by atoms with van der Waals surface area (Å²) in [7, 11) is 0. The molecule has 4 heteroatoms. The molecule has 0 saturated carbocycles. The normalized spacial score (nSPS) is 13.8. The number of thiophene rings is 1. The lowest BCUT2D eigenvalue weighted by molar-refractivity contribution is 0.174. The van der Waals surface area contributed by atoms with Crippen LogP contribution in [0.1, 0.15) is 36.8 Å². The molecule has 0 bridgehead atoms. The molecule has 1 aromatic carbocycles. The number of ether oxygens (including phenoxy) is 2. The molecule has 0 spiro atoms. The van der Waals surface area contributed by atoms with E-state index in [4.69, 9.17) is 15.2 Å². The zero-order valence-electron chi connectivity index (χ0n) is 12.0. The van der Waals surface area contributed by atoms with E-state index in [1.165, 1.54) is 16.0 Å². The standard InChI is InChI=1S/C16H19NO2S/c1-16(2,3)11-8-15(17)20-14(11)7-10-4-5-12-13(6-10)19-9-18-12/h4-6,8H,7,9,17H2,1-3H3. The van der Waals surface area contributed by atoms with Gasteiger partial charge >= 0.3 is 0 Å². The molecule has 0 radical (unpaired) electrons. The van der Waals surface area contributed by atoms with Crippen LogP contribution in [0, 0.1) is 0 Å². The van der Waals surface area contributed by atoms with E-state index in [1.807, 2.05) is 6.07 Å². The van der Waals surface area contributed by atoms with Crippen LogP contribution in [-0.4, -0.2) is 6.79 Å². The number of rotatable bonds is 2. The van der Waals surface area contributed by atoms with Crippen molar-refractivity contribution in [1.82, 2.24) is 0 Å². The highest BCUT2D eigenvalue weighted by molar-refractivity contribution is 7.16. The fourth-order valence-corrected chi connectivity index (χ4v) is 3.63. The van der Waals surface area contributed by atoms with Crippen LogP contribution in [0.2, 0.25) is 0 Å². The van der Waals surface area contributed by atoms with Crippen molar-refractivity contribution in [3.05, 3.63) is 40.3 Å². The average Bonchev–Trinajstić information content (AvgIpc) is 2.94. The molecule has 0 aliphatic carbocycles. The summed E-state index contributed by atoms with van der Waals surface area (Å²) in [6.45, 7) is 6.98. The second-order valence-electron chi connectivity index (χ2n) is 6.10. The lowest BCUT2D eigenvalue weighted by atomic mass is 9.86. The molecule has 20 heavy (non-hydrogen) atoms. The molecule has 2 N–H and O–H groups in total. The molecular formula is C16H19NO2S. The van der Waals surface area contributed by atoms with Crippen LogP contribution < -0.4 is 15.2 Å². The predicted molar refractivity (Wildman–Crippen MR) is 82.8 cm³/mol. The SMILES string of the molecule is CC(C)(C)c1cc(N)sc1Cc1ccc2c(c1)OCO2. The molecule has 3 rings (SSSR count). The van der Waals surface area contributed by atoms with Crippen LogP contribution in [0.15, 0.2) is 24.3 Å². The molecule has 1 aliphatic heterocycles. The first-order chi connectivity index (χ1) is 9.43. The highest BCUT2D eigenvalue weighted by Gasteiger charge is 2.21. The Hall–Kier alpha value is -1.68. The Morgan fingerprint density at radius 3 is 2.65 bits per heavy atom. The van der Waals surface area contributed by atoms with Gasteiger partial charge < -0.3 is 15.2 Å². The van der Waals surface area contributed by atoms with Crippen molar-refractivity contribution in [2.75, 3.05) is 12.5 Å².